The number of benzene rings is 1. The van der Waals surface area contributed by atoms with Crippen molar-refractivity contribution in [3.63, 3.8) is 0 Å². The molecule has 2 heterocycles. The molecule has 6 nitrogen and oxygen atoms in total. The molecular weight excluding hydrogens is 328 g/mol. The molecule has 0 saturated heterocycles. The van der Waals surface area contributed by atoms with Crippen LogP contribution in [-0.4, -0.2) is 28.5 Å². The summed E-state index contributed by atoms with van der Waals surface area (Å²) in [6, 6.07) is 13.1. The number of rotatable bonds is 6. The normalized spacial score (nSPS) is 10.7. The van der Waals surface area contributed by atoms with Crippen LogP contribution in [0.15, 0.2) is 53.5 Å². The molecule has 1 aromatic carbocycles. The zero-order chi connectivity index (χ0) is 18.5. The number of fused-ring (bicyclic) bond motifs is 1. The largest absolute Gasteiger partial charge is 0.370 e. The van der Waals surface area contributed by atoms with Crippen LogP contribution >= 0.6 is 0 Å². The van der Waals surface area contributed by atoms with Crippen molar-refractivity contribution in [1.29, 1.82) is 0 Å². The third kappa shape index (κ3) is 3.91. The Morgan fingerprint density at radius 3 is 2.73 bits per heavy atom. The van der Waals surface area contributed by atoms with E-state index in [0.29, 0.717) is 13.1 Å². The van der Waals surface area contributed by atoms with Crippen molar-refractivity contribution in [3.8, 4) is 0 Å². The lowest BCUT2D eigenvalue weighted by Gasteiger charge is -2.10. The van der Waals surface area contributed by atoms with Crippen LogP contribution in [0.3, 0.4) is 0 Å². The van der Waals surface area contributed by atoms with E-state index < -0.39 is 0 Å². The Morgan fingerprint density at radius 2 is 1.96 bits per heavy atom. The van der Waals surface area contributed by atoms with Crippen LogP contribution in [0.5, 0.6) is 0 Å². The highest BCUT2D eigenvalue weighted by Crippen LogP contribution is 2.12. The lowest BCUT2D eigenvalue weighted by Crippen LogP contribution is -2.33. The topological polar surface area (TPSA) is 76.0 Å². The van der Waals surface area contributed by atoms with E-state index in [1.807, 2.05) is 43.3 Å². The zero-order valence-electron chi connectivity index (χ0n) is 15.0. The highest BCUT2D eigenvalue weighted by atomic mass is 16.2. The van der Waals surface area contributed by atoms with Gasteiger partial charge in [-0.15, -0.1) is 0 Å². The maximum atomic E-state index is 12.4. The molecule has 134 valence electrons. The van der Waals surface area contributed by atoms with E-state index in [1.165, 1.54) is 4.57 Å². The summed E-state index contributed by atoms with van der Waals surface area (Å²) in [6.07, 6.45) is 2.54. The monoisotopic (exact) mass is 350 g/mol. The molecule has 0 fully saturated rings. The number of hydrogen-bond acceptors (Lipinski definition) is 4. The van der Waals surface area contributed by atoms with Crippen molar-refractivity contribution in [2.75, 3.05) is 18.4 Å². The first kappa shape index (κ1) is 17.7. The number of carbonyl (C=O) groups excluding carboxylic acids is 1. The molecule has 2 aromatic heterocycles. The molecule has 0 aliphatic heterocycles. The predicted molar refractivity (Wildman–Crippen MR) is 104 cm³/mol. The quantitative estimate of drug-likeness (QED) is 0.670. The summed E-state index contributed by atoms with van der Waals surface area (Å²) in [4.78, 5) is 29.0. The lowest BCUT2D eigenvalue weighted by atomic mass is 10.1. The van der Waals surface area contributed by atoms with E-state index in [2.05, 4.69) is 15.6 Å². The molecule has 0 saturated carbocycles. The summed E-state index contributed by atoms with van der Waals surface area (Å²) in [5.74, 6) is 0.468. The smallest absolute Gasteiger partial charge is 0.263 e. The maximum Gasteiger partial charge on any atom is 0.263 e. The average Bonchev–Trinajstić information content (AvgIpc) is 2.65. The maximum absolute atomic E-state index is 12.4. The first-order valence-electron chi connectivity index (χ1n) is 8.60. The van der Waals surface area contributed by atoms with E-state index in [0.717, 1.165) is 28.7 Å². The van der Waals surface area contributed by atoms with Crippen LogP contribution in [0.1, 0.15) is 22.3 Å². The Balaban J connectivity index is 1.57. The molecular formula is C20H22N4O2. The predicted octanol–water partition coefficient (Wildman–Crippen LogP) is 2.47. The number of carbonyl (C=O) groups is 1. The molecule has 2 N–H and O–H groups in total. The highest BCUT2D eigenvalue weighted by Gasteiger charge is 2.13. The summed E-state index contributed by atoms with van der Waals surface area (Å²) in [5.41, 5.74) is 1.80. The summed E-state index contributed by atoms with van der Waals surface area (Å²) >= 11 is 0. The number of hydrogen-bond donors (Lipinski definition) is 2. The Morgan fingerprint density at radius 1 is 1.15 bits per heavy atom. The van der Waals surface area contributed by atoms with E-state index in [4.69, 9.17) is 0 Å². The summed E-state index contributed by atoms with van der Waals surface area (Å²) < 4.78 is 1.51. The minimum absolute atomic E-state index is 0.166. The van der Waals surface area contributed by atoms with Gasteiger partial charge in [0, 0.05) is 26.3 Å². The highest BCUT2D eigenvalue weighted by molar-refractivity contribution is 5.97. The number of amides is 1. The number of aromatic nitrogens is 2. The Bertz CT molecular complexity index is 977. The van der Waals surface area contributed by atoms with Gasteiger partial charge in [0.05, 0.1) is 5.52 Å². The summed E-state index contributed by atoms with van der Waals surface area (Å²) in [6.45, 7) is 3.16. The zero-order valence-corrected chi connectivity index (χ0v) is 15.0. The molecule has 0 aliphatic rings. The molecule has 0 atom stereocenters. The molecule has 1 amide bonds. The van der Waals surface area contributed by atoms with Gasteiger partial charge in [-0.1, -0.05) is 24.3 Å². The van der Waals surface area contributed by atoms with Crippen LogP contribution in [0, 0.1) is 6.92 Å². The van der Waals surface area contributed by atoms with Gasteiger partial charge in [-0.2, -0.15) is 0 Å². The van der Waals surface area contributed by atoms with E-state index in [-0.39, 0.29) is 17.0 Å². The van der Waals surface area contributed by atoms with Gasteiger partial charge >= 0.3 is 0 Å². The van der Waals surface area contributed by atoms with Crippen LogP contribution < -0.4 is 16.2 Å². The fourth-order valence-corrected chi connectivity index (χ4v) is 2.76. The number of nitrogens with one attached hydrogen (secondary N) is 2. The van der Waals surface area contributed by atoms with Gasteiger partial charge in [0.1, 0.15) is 11.4 Å². The van der Waals surface area contributed by atoms with Crippen molar-refractivity contribution in [2.45, 2.75) is 13.3 Å². The minimum Gasteiger partial charge on any atom is -0.370 e. The van der Waals surface area contributed by atoms with Crippen molar-refractivity contribution in [3.05, 3.63) is 70.1 Å². The van der Waals surface area contributed by atoms with Gasteiger partial charge in [0.25, 0.3) is 11.5 Å². The fourth-order valence-electron chi connectivity index (χ4n) is 2.76. The Hall–Kier alpha value is -3.15. The van der Waals surface area contributed by atoms with Crippen molar-refractivity contribution < 1.29 is 4.79 Å². The van der Waals surface area contributed by atoms with Crippen molar-refractivity contribution in [1.82, 2.24) is 14.9 Å². The number of para-hydroxylation sites is 1. The molecule has 3 aromatic rings. The first-order valence-corrected chi connectivity index (χ1v) is 8.60. The number of aryl methyl sites for hydroxylation is 2. The minimum atomic E-state index is -0.343. The standard InChI is InChI=1S/C20H22N4O2/c1-14-8-9-18(23-13-14)21-10-5-11-22-19(25)16-12-15-6-3-4-7-17(15)24(2)20(16)26/h3-4,6-9,12-13H,5,10-11H2,1-2H3,(H,21,23)(H,22,25). The van der Waals surface area contributed by atoms with E-state index in [1.54, 1.807) is 19.3 Å². The van der Waals surface area contributed by atoms with E-state index >= 15 is 0 Å². The molecule has 0 radical (unpaired) electrons. The second-order valence-corrected chi connectivity index (χ2v) is 6.24. The molecule has 0 aliphatic carbocycles. The summed E-state index contributed by atoms with van der Waals surface area (Å²) in [7, 11) is 1.68. The van der Waals surface area contributed by atoms with Gasteiger partial charge in [-0.25, -0.2) is 4.98 Å². The second kappa shape index (κ2) is 7.82. The average molecular weight is 350 g/mol. The molecule has 0 spiro atoms. The molecule has 26 heavy (non-hydrogen) atoms. The van der Waals surface area contributed by atoms with Crippen LogP contribution in [0.2, 0.25) is 0 Å². The van der Waals surface area contributed by atoms with Gasteiger partial charge in [0.2, 0.25) is 0 Å². The molecule has 6 heteroatoms. The van der Waals surface area contributed by atoms with Crippen LogP contribution in [-0.2, 0) is 7.05 Å². The Kier molecular flexibility index (Phi) is 5.31. The lowest BCUT2D eigenvalue weighted by molar-refractivity contribution is 0.0952. The van der Waals surface area contributed by atoms with Gasteiger partial charge in [-0.05, 0) is 42.5 Å². The van der Waals surface area contributed by atoms with Gasteiger partial charge in [0.15, 0.2) is 0 Å². The molecule has 3 rings (SSSR count). The number of pyridine rings is 2. The first-order chi connectivity index (χ1) is 12.6. The number of anilines is 1. The van der Waals surface area contributed by atoms with Crippen molar-refractivity contribution >= 4 is 22.6 Å². The summed E-state index contributed by atoms with van der Waals surface area (Å²) in [5, 5.41) is 6.88. The van der Waals surface area contributed by atoms with E-state index in [9.17, 15) is 9.59 Å². The number of nitrogens with zero attached hydrogens (tertiary/aromatic N) is 2. The molecule has 0 bridgehead atoms. The van der Waals surface area contributed by atoms with Gasteiger partial charge in [-0.3, -0.25) is 9.59 Å². The van der Waals surface area contributed by atoms with Crippen LogP contribution in [0.25, 0.3) is 10.9 Å². The van der Waals surface area contributed by atoms with Crippen molar-refractivity contribution in [2.24, 2.45) is 7.05 Å². The SMILES string of the molecule is Cc1ccc(NCCCNC(=O)c2cc3ccccc3n(C)c2=O)nc1. The van der Waals surface area contributed by atoms with Crippen LogP contribution in [0.4, 0.5) is 5.82 Å². The fraction of sp³-hybridized carbons (Fsp3) is 0.250. The third-order valence-electron chi connectivity index (χ3n) is 4.23. The second-order valence-electron chi connectivity index (χ2n) is 6.24. The third-order valence-corrected chi connectivity index (χ3v) is 4.23. The van der Waals surface area contributed by atoms with Gasteiger partial charge < -0.3 is 15.2 Å². The Labute approximate surface area is 151 Å². The molecule has 0 unspecified atom stereocenters.